The van der Waals surface area contributed by atoms with Crippen LogP contribution in [0.25, 0.3) is 6.08 Å². The molecular weight excluding hydrogens is 172 g/mol. The SMILES string of the molecule is Cc1cc(/C=C/C(=O)O)c(C)s1. The maximum absolute atomic E-state index is 10.2. The van der Waals surface area contributed by atoms with Gasteiger partial charge in [0.05, 0.1) is 0 Å². The number of carbonyl (C=O) groups is 1. The van der Waals surface area contributed by atoms with Crippen molar-refractivity contribution in [2.24, 2.45) is 0 Å². The molecule has 0 amide bonds. The number of rotatable bonds is 2. The molecule has 0 unspecified atom stereocenters. The summed E-state index contributed by atoms with van der Waals surface area (Å²) in [7, 11) is 0. The first-order valence-corrected chi connectivity index (χ1v) is 4.39. The lowest BCUT2D eigenvalue weighted by molar-refractivity contribution is -0.131. The largest absolute Gasteiger partial charge is 0.478 e. The Morgan fingerprint density at radius 3 is 2.67 bits per heavy atom. The maximum atomic E-state index is 10.2. The average molecular weight is 182 g/mol. The fourth-order valence-corrected chi connectivity index (χ4v) is 1.89. The molecule has 64 valence electrons. The fraction of sp³-hybridized carbons (Fsp3) is 0.222. The zero-order chi connectivity index (χ0) is 9.14. The highest BCUT2D eigenvalue weighted by atomic mass is 32.1. The smallest absolute Gasteiger partial charge is 0.328 e. The standard InChI is InChI=1S/C9H10O2S/c1-6-5-8(7(2)12-6)3-4-9(10)11/h3-5H,1-2H3,(H,10,11)/b4-3+. The van der Waals surface area contributed by atoms with Crippen molar-refractivity contribution in [2.75, 3.05) is 0 Å². The summed E-state index contributed by atoms with van der Waals surface area (Å²) < 4.78 is 0. The monoisotopic (exact) mass is 182 g/mol. The molecule has 0 radical (unpaired) electrons. The molecule has 0 aliphatic carbocycles. The molecule has 0 aliphatic rings. The van der Waals surface area contributed by atoms with Crippen LogP contribution in [0.5, 0.6) is 0 Å². The van der Waals surface area contributed by atoms with Gasteiger partial charge < -0.3 is 5.11 Å². The van der Waals surface area contributed by atoms with Gasteiger partial charge in [0.25, 0.3) is 0 Å². The molecule has 0 atom stereocenters. The van der Waals surface area contributed by atoms with E-state index < -0.39 is 5.97 Å². The number of thiophene rings is 1. The number of aliphatic carboxylic acids is 1. The molecule has 0 saturated carbocycles. The van der Waals surface area contributed by atoms with Crippen molar-refractivity contribution in [3.8, 4) is 0 Å². The molecule has 0 spiro atoms. The molecule has 0 bridgehead atoms. The summed E-state index contributed by atoms with van der Waals surface area (Å²) in [6.07, 6.45) is 2.79. The van der Waals surface area contributed by atoms with E-state index in [4.69, 9.17) is 5.11 Å². The Bertz CT molecular complexity index is 323. The van der Waals surface area contributed by atoms with Crippen molar-refractivity contribution >= 4 is 23.4 Å². The van der Waals surface area contributed by atoms with Crippen molar-refractivity contribution < 1.29 is 9.90 Å². The lowest BCUT2D eigenvalue weighted by atomic mass is 10.2. The molecule has 1 heterocycles. The minimum atomic E-state index is -0.904. The van der Waals surface area contributed by atoms with Crippen molar-refractivity contribution in [3.63, 3.8) is 0 Å². The minimum absolute atomic E-state index is 0.904. The van der Waals surface area contributed by atoms with Crippen LogP contribution >= 0.6 is 11.3 Å². The van der Waals surface area contributed by atoms with Crippen LogP contribution in [0.2, 0.25) is 0 Å². The molecule has 1 aromatic heterocycles. The molecule has 0 aliphatic heterocycles. The summed E-state index contributed by atoms with van der Waals surface area (Å²) in [6, 6.07) is 1.99. The van der Waals surface area contributed by atoms with Gasteiger partial charge in [0, 0.05) is 15.8 Å². The fourth-order valence-electron chi connectivity index (χ4n) is 0.977. The third-order valence-electron chi connectivity index (χ3n) is 1.48. The second-order valence-electron chi connectivity index (χ2n) is 2.54. The van der Waals surface area contributed by atoms with E-state index in [9.17, 15) is 4.79 Å². The van der Waals surface area contributed by atoms with E-state index in [1.165, 1.54) is 4.88 Å². The van der Waals surface area contributed by atoms with Crippen molar-refractivity contribution in [2.45, 2.75) is 13.8 Å². The normalized spacial score (nSPS) is 10.8. The highest BCUT2D eigenvalue weighted by Gasteiger charge is 1.98. The first-order chi connectivity index (χ1) is 5.59. The van der Waals surface area contributed by atoms with Crippen LogP contribution in [0.1, 0.15) is 15.3 Å². The van der Waals surface area contributed by atoms with Gasteiger partial charge in [0.1, 0.15) is 0 Å². The first-order valence-electron chi connectivity index (χ1n) is 3.57. The van der Waals surface area contributed by atoms with Gasteiger partial charge in [-0.1, -0.05) is 0 Å². The van der Waals surface area contributed by atoms with Crippen LogP contribution in [0, 0.1) is 13.8 Å². The molecule has 2 nitrogen and oxygen atoms in total. The van der Waals surface area contributed by atoms with Crippen molar-refractivity contribution in [1.82, 2.24) is 0 Å². The summed E-state index contributed by atoms with van der Waals surface area (Å²) in [5.74, 6) is -0.904. The lowest BCUT2D eigenvalue weighted by Gasteiger charge is -1.86. The Hall–Kier alpha value is -1.09. The van der Waals surface area contributed by atoms with Crippen LogP contribution in [0.4, 0.5) is 0 Å². The van der Waals surface area contributed by atoms with E-state index in [2.05, 4.69) is 0 Å². The summed E-state index contributed by atoms with van der Waals surface area (Å²) in [5.41, 5.74) is 1.000. The molecule has 1 N–H and O–H groups in total. The van der Waals surface area contributed by atoms with Crippen molar-refractivity contribution in [3.05, 3.63) is 27.5 Å². The van der Waals surface area contributed by atoms with Crippen molar-refractivity contribution in [1.29, 1.82) is 0 Å². The van der Waals surface area contributed by atoms with E-state index in [-0.39, 0.29) is 0 Å². The number of hydrogen-bond donors (Lipinski definition) is 1. The van der Waals surface area contributed by atoms with Crippen LogP contribution in [0.15, 0.2) is 12.1 Å². The van der Waals surface area contributed by atoms with Gasteiger partial charge in [-0.2, -0.15) is 0 Å². The van der Waals surface area contributed by atoms with Gasteiger partial charge in [-0.25, -0.2) is 4.79 Å². The summed E-state index contributed by atoms with van der Waals surface area (Å²) in [6.45, 7) is 4.00. The summed E-state index contributed by atoms with van der Waals surface area (Å²) in [5, 5.41) is 8.39. The number of hydrogen-bond acceptors (Lipinski definition) is 2. The molecule has 3 heteroatoms. The number of carboxylic acids is 1. The second kappa shape index (κ2) is 3.54. The Morgan fingerprint density at radius 2 is 2.25 bits per heavy atom. The van der Waals surface area contributed by atoms with E-state index in [0.717, 1.165) is 16.5 Å². The van der Waals surface area contributed by atoms with E-state index in [1.807, 2.05) is 19.9 Å². The van der Waals surface area contributed by atoms with Crippen LogP contribution in [-0.4, -0.2) is 11.1 Å². The number of aryl methyl sites for hydroxylation is 2. The Labute approximate surface area is 75.2 Å². The third-order valence-corrected chi connectivity index (χ3v) is 2.47. The highest BCUT2D eigenvalue weighted by Crippen LogP contribution is 2.21. The summed E-state index contributed by atoms with van der Waals surface area (Å²) >= 11 is 1.68. The van der Waals surface area contributed by atoms with Gasteiger partial charge in [-0.15, -0.1) is 11.3 Å². The first kappa shape index (κ1) is 9.00. The molecule has 0 saturated heterocycles. The molecule has 1 aromatic rings. The third kappa shape index (κ3) is 2.20. The highest BCUT2D eigenvalue weighted by molar-refractivity contribution is 7.12. The number of carboxylic acid groups (broad SMARTS) is 1. The Balaban J connectivity index is 2.89. The predicted molar refractivity (Wildman–Crippen MR) is 50.5 cm³/mol. The topological polar surface area (TPSA) is 37.3 Å². The van der Waals surface area contributed by atoms with E-state index in [1.54, 1.807) is 17.4 Å². The van der Waals surface area contributed by atoms with E-state index in [0.29, 0.717) is 0 Å². The molecule has 0 aromatic carbocycles. The quantitative estimate of drug-likeness (QED) is 0.713. The zero-order valence-electron chi connectivity index (χ0n) is 7.00. The maximum Gasteiger partial charge on any atom is 0.328 e. The van der Waals surface area contributed by atoms with Gasteiger partial charge in [-0.3, -0.25) is 0 Å². The molecule has 12 heavy (non-hydrogen) atoms. The summed E-state index contributed by atoms with van der Waals surface area (Å²) in [4.78, 5) is 12.6. The van der Waals surface area contributed by atoms with Crippen LogP contribution < -0.4 is 0 Å². The van der Waals surface area contributed by atoms with Gasteiger partial charge in [0.2, 0.25) is 0 Å². The van der Waals surface area contributed by atoms with Gasteiger partial charge >= 0.3 is 5.97 Å². The lowest BCUT2D eigenvalue weighted by Crippen LogP contribution is -1.85. The Kier molecular flexibility index (Phi) is 2.65. The molecular formula is C9H10O2S. The van der Waals surface area contributed by atoms with E-state index >= 15 is 0 Å². The molecule has 0 fully saturated rings. The van der Waals surface area contributed by atoms with Crippen LogP contribution in [0.3, 0.4) is 0 Å². The van der Waals surface area contributed by atoms with Gasteiger partial charge in [0.15, 0.2) is 0 Å². The minimum Gasteiger partial charge on any atom is -0.478 e. The van der Waals surface area contributed by atoms with Gasteiger partial charge in [-0.05, 0) is 31.6 Å². The molecule has 1 rings (SSSR count). The Morgan fingerprint density at radius 1 is 1.58 bits per heavy atom. The van der Waals surface area contributed by atoms with Crippen LogP contribution in [-0.2, 0) is 4.79 Å². The average Bonchev–Trinajstić information content (AvgIpc) is 2.26. The second-order valence-corrected chi connectivity index (χ2v) is 4.00. The predicted octanol–water partition coefficient (Wildman–Crippen LogP) is 2.46. The zero-order valence-corrected chi connectivity index (χ0v) is 7.81.